The van der Waals surface area contributed by atoms with Crippen molar-refractivity contribution in [1.29, 1.82) is 0 Å². The van der Waals surface area contributed by atoms with E-state index in [1.807, 2.05) is 6.92 Å². The highest BCUT2D eigenvalue weighted by Crippen LogP contribution is 1.93. The average molecular weight is 162 g/mol. The fraction of sp³-hybridized carbons (Fsp3) is 0.222. The number of hydrogen-bond acceptors (Lipinski definition) is 2. The molecule has 62 valence electrons. The van der Waals surface area contributed by atoms with Gasteiger partial charge < -0.3 is 10.7 Å². The van der Waals surface area contributed by atoms with Crippen molar-refractivity contribution in [1.82, 2.24) is 4.98 Å². The standard InChI is InChI=1S/C9H10N2O/c1-7-5-8(3-2-4-10)9(12)11-6-7/h5-6H,4,10H2,1H3,(H,11,12). The Balaban J connectivity index is 3.14. The Hall–Kier alpha value is -1.53. The molecule has 0 saturated carbocycles. The van der Waals surface area contributed by atoms with Crippen molar-refractivity contribution in [3.05, 3.63) is 33.7 Å². The van der Waals surface area contributed by atoms with Gasteiger partial charge in [-0.3, -0.25) is 4.79 Å². The number of hydrogen-bond donors (Lipinski definition) is 2. The van der Waals surface area contributed by atoms with Gasteiger partial charge in [-0.1, -0.05) is 11.8 Å². The van der Waals surface area contributed by atoms with Crippen molar-refractivity contribution in [2.45, 2.75) is 6.92 Å². The number of nitrogens with one attached hydrogen (secondary N) is 1. The van der Waals surface area contributed by atoms with Crippen molar-refractivity contribution in [3.63, 3.8) is 0 Å². The van der Waals surface area contributed by atoms with Crippen LogP contribution in [0.25, 0.3) is 0 Å². The molecule has 0 amide bonds. The van der Waals surface area contributed by atoms with E-state index in [-0.39, 0.29) is 12.1 Å². The van der Waals surface area contributed by atoms with Crippen LogP contribution in [0.5, 0.6) is 0 Å². The van der Waals surface area contributed by atoms with Crippen molar-refractivity contribution in [3.8, 4) is 11.8 Å². The van der Waals surface area contributed by atoms with E-state index in [1.54, 1.807) is 12.3 Å². The predicted molar refractivity (Wildman–Crippen MR) is 47.7 cm³/mol. The highest BCUT2D eigenvalue weighted by atomic mass is 16.1. The van der Waals surface area contributed by atoms with Gasteiger partial charge in [0.15, 0.2) is 0 Å². The zero-order chi connectivity index (χ0) is 8.97. The minimum atomic E-state index is -0.165. The van der Waals surface area contributed by atoms with Gasteiger partial charge in [-0.05, 0) is 18.6 Å². The number of aryl methyl sites for hydroxylation is 1. The van der Waals surface area contributed by atoms with Crippen LogP contribution in [0, 0.1) is 18.8 Å². The molecule has 0 bridgehead atoms. The van der Waals surface area contributed by atoms with Crippen molar-refractivity contribution >= 4 is 0 Å². The van der Waals surface area contributed by atoms with E-state index in [0.29, 0.717) is 5.56 Å². The summed E-state index contributed by atoms with van der Waals surface area (Å²) in [6.07, 6.45) is 1.65. The number of nitrogens with two attached hydrogens (primary N) is 1. The molecule has 0 spiro atoms. The van der Waals surface area contributed by atoms with Crippen LogP contribution in [0.2, 0.25) is 0 Å². The first-order valence-electron chi connectivity index (χ1n) is 3.62. The van der Waals surface area contributed by atoms with Crippen LogP contribution < -0.4 is 11.3 Å². The lowest BCUT2D eigenvalue weighted by molar-refractivity contribution is 1.18. The normalized spacial score (nSPS) is 8.83. The summed E-state index contributed by atoms with van der Waals surface area (Å²) >= 11 is 0. The number of pyridine rings is 1. The summed E-state index contributed by atoms with van der Waals surface area (Å²) in [5.74, 6) is 5.33. The molecule has 1 rings (SSSR count). The van der Waals surface area contributed by atoms with Gasteiger partial charge in [0.1, 0.15) is 0 Å². The number of H-pyrrole nitrogens is 1. The third-order valence-electron chi connectivity index (χ3n) is 1.37. The Morgan fingerprint density at radius 1 is 1.67 bits per heavy atom. The molecule has 3 nitrogen and oxygen atoms in total. The molecule has 0 atom stereocenters. The summed E-state index contributed by atoms with van der Waals surface area (Å²) in [6, 6.07) is 1.74. The molecule has 0 aliphatic heterocycles. The molecular formula is C9H10N2O. The predicted octanol–water partition coefficient (Wildman–Crippen LogP) is -0.00648. The summed E-state index contributed by atoms with van der Waals surface area (Å²) in [6.45, 7) is 2.16. The third-order valence-corrected chi connectivity index (χ3v) is 1.37. The Labute approximate surface area is 70.6 Å². The molecule has 12 heavy (non-hydrogen) atoms. The first-order chi connectivity index (χ1) is 5.74. The van der Waals surface area contributed by atoms with Crippen LogP contribution in [-0.4, -0.2) is 11.5 Å². The molecule has 1 aromatic heterocycles. The fourth-order valence-corrected chi connectivity index (χ4v) is 0.831. The monoisotopic (exact) mass is 162 g/mol. The Kier molecular flexibility index (Phi) is 2.67. The van der Waals surface area contributed by atoms with Crippen LogP contribution in [0.15, 0.2) is 17.1 Å². The SMILES string of the molecule is Cc1c[nH]c(=O)c(C#CCN)c1. The lowest BCUT2D eigenvalue weighted by atomic mass is 10.2. The maximum Gasteiger partial charge on any atom is 0.263 e. The second kappa shape index (κ2) is 3.74. The topological polar surface area (TPSA) is 58.9 Å². The van der Waals surface area contributed by atoms with Crippen molar-refractivity contribution in [2.75, 3.05) is 6.54 Å². The number of rotatable bonds is 0. The number of aromatic amines is 1. The minimum absolute atomic E-state index is 0.165. The third kappa shape index (κ3) is 1.97. The van der Waals surface area contributed by atoms with E-state index in [4.69, 9.17) is 5.73 Å². The Morgan fingerprint density at radius 3 is 3.08 bits per heavy atom. The molecule has 3 N–H and O–H groups in total. The fourth-order valence-electron chi connectivity index (χ4n) is 0.831. The summed E-state index contributed by atoms with van der Waals surface area (Å²) in [5.41, 5.74) is 6.47. The Morgan fingerprint density at radius 2 is 2.42 bits per heavy atom. The lowest BCUT2D eigenvalue weighted by Gasteiger charge is -1.91. The number of aromatic nitrogens is 1. The van der Waals surface area contributed by atoms with Crippen LogP contribution in [-0.2, 0) is 0 Å². The molecule has 0 fully saturated rings. The van der Waals surface area contributed by atoms with Crippen LogP contribution >= 0.6 is 0 Å². The van der Waals surface area contributed by atoms with E-state index in [0.717, 1.165) is 5.56 Å². The van der Waals surface area contributed by atoms with Crippen molar-refractivity contribution in [2.24, 2.45) is 5.73 Å². The molecular weight excluding hydrogens is 152 g/mol. The van der Waals surface area contributed by atoms with E-state index in [2.05, 4.69) is 16.8 Å². The first-order valence-corrected chi connectivity index (χ1v) is 3.62. The van der Waals surface area contributed by atoms with Crippen LogP contribution in [0.3, 0.4) is 0 Å². The Bertz CT molecular complexity index is 381. The average Bonchev–Trinajstić information content (AvgIpc) is 2.07. The summed E-state index contributed by atoms with van der Waals surface area (Å²) in [4.78, 5) is 13.7. The first kappa shape index (κ1) is 8.57. The second-order valence-corrected chi connectivity index (χ2v) is 2.43. The highest BCUT2D eigenvalue weighted by molar-refractivity contribution is 5.34. The largest absolute Gasteiger partial charge is 0.328 e. The zero-order valence-electron chi connectivity index (χ0n) is 6.85. The smallest absolute Gasteiger partial charge is 0.263 e. The molecule has 1 aromatic rings. The van der Waals surface area contributed by atoms with Gasteiger partial charge in [0.2, 0.25) is 0 Å². The van der Waals surface area contributed by atoms with Gasteiger partial charge in [0.05, 0.1) is 12.1 Å². The van der Waals surface area contributed by atoms with Gasteiger partial charge >= 0.3 is 0 Å². The van der Waals surface area contributed by atoms with E-state index >= 15 is 0 Å². The van der Waals surface area contributed by atoms with Crippen LogP contribution in [0.4, 0.5) is 0 Å². The molecule has 1 heterocycles. The molecule has 0 unspecified atom stereocenters. The van der Waals surface area contributed by atoms with Gasteiger partial charge in [-0.25, -0.2) is 0 Å². The molecule has 0 saturated heterocycles. The molecule has 3 heteroatoms. The lowest BCUT2D eigenvalue weighted by Crippen LogP contribution is -2.09. The van der Waals surface area contributed by atoms with E-state index in [1.165, 1.54) is 0 Å². The van der Waals surface area contributed by atoms with Gasteiger partial charge in [0, 0.05) is 6.20 Å². The second-order valence-electron chi connectivity index (χ2n) is 2.43. The quantitative estimate of drug-likeness (QED) is 0.527. The molecule has 0 aliphatic carbocycles. The maximum atomic E-state index is 11.1. The van der Waals surface area contributed by atoms with Crippen molar-refractivity contribution < 1.29 is 0 Å². The maximum absolute atomic E-state index is 11.1. The molecule has 0 aromatic carbocycles. The molecule has 0 aliphatic rings. The summed E-state index contributed by atoms with van der Waals surface area (Å²) in [7, 11) is 0. The minimum Gasteiger partial charge on any atom is -0.328 e. The van der Waals surface area contributed by atoms with Gasteiger partial charge in [-0.15, -0.1) is 0 Å². The molecule has 0 radical (unpaired) electrons. The van der Waals surface area contributed by atoms with Crippen LogP contribution in [0.1, 0.15) is 11.1 Å². The summed E-state index contributed by atoms with van der Waals surface area (Å²) in [5, 5.41) is 0. The summed E-state index contributed by atoms with van der Waals surface area (Å²) < 4.78 is 0. The zero-order valence-corrected chi connectivity index (χ0v) is 6.85. The van der Waals surface area contributed by atoms with E-state index < -0.39 is 0 Å². The van der Waals surface area contributed by atoms with Gasteiger partial charge in [0.25, 0.3) is 5.56 Å². The highest BCUT2D eigenvalue weighted by Gasteiger charge is 1.93. The van der Waals surface area contributed by atoms with Gasteiger partial charge in [-0.2, -0.15) is 0 Å². The van der Waals surface area contributed by atoms with E-state index in [9.17, 15) is 4.79 Å².